The number of nitrogens with zero attached hydrogens (tertiary/aromatic N) is 7. The van der Waals surface area contributed by atoms with E-state index in [0.29, 0.717) is 22.8 Å². The van der Waals surface area contributed by atoms with Gasteiger partial charge in [0.15, 0.2) is 11.6 Å². The molecule has 4 heterocycles. The van der Waals surface area contributed by atoms with Gasteiger partial charge in [-0.2, -0.15) is 10.2 Å². The van der Waals surface area contributed by atoms with Gasteiger partial charge in [-0.05, 0) is 83.9 Å². The molecule has 12 heteroatoms. The number of anilines is 2. The van der Waals surface area contributed by atoms with E-state index in [1.165, 1.54) is 53.4 Å². The highest BCUT2D eigenvalue weighted by atomic mass is 19.1. The molecule has 0 radical (unpaired) electrons. The van der Waals surface area contributed by atoms with Crippen molar-refractivity contribution in [2.24, 2.45) is 14.1 Å². The zero-order valence-corrected chi connectivity index (χ0v) is 24.6. The summed E-state index contributed by atoms with van der Waals surface area (Å²) in [5.74, 6) is -0.365. The maximum Gasteiger partial charge on any atom is 0.259 e. The number of benzene rings is 2. The summed E-state index contributed by atoms with van der Waals surface area (Å²) >= 11 is 0. The van der Waals surface area contributed by atoms with E-state index in [-0.39, 0.29) is 23.4 Å². The Balaban J connectivity index is 0.000000178. The number of carbonyl (C=O) groups excluding carboxylic acids is 2. The highest BCUT2D eigenvalue weighted by Crippen LogP contribution is 2.29. The monoisotopic (exact) mass is 606 g/mol. The first-order valence-electron chi connectivity index (χ1n) is 13.7. The zero-order chi connectivity index (χ0) is 31.9. The van der Waals surface area contributed by atoms with Gasteiger partial charge in [0.05, 0.1) is 0 Å². The highest BCUT2D eigenvalue weighted by molar-refractivity contribution is 6.07. The topological polar surface area (TPSA) is 111 Å². The van der Waals surface area contributed by atoms with Crippen molar-refractivity contribution in [2.45, 2.75) is 0 Å². The van der Waals surface area contributed by atoms with Crippen LogP contribution >= 0.6 is 0 Å². The summed E-state index contributed by atoms with van der Waals surface area (Å²) in [5.41, 5.74) is 4.21. The normalized spacial score (nSPS) is 10.5. The number of aryl methyl sites for hydroxylation is 2. The van der Waals surface area contributed by atoms with Gasteiger partial charge in [-0.15, -0.1) is 0 Å². The van der Waals surface area contributed by atoms with Crippen molar-refractivity contribution in [1.82, 2.24) is 29.5 Å². The second-order valence-electron chi connectivity index (χ2n) is 9.91. The molecule has 4 aromatic heterocycles. The smallest absolute Gasteiger partial charge is 0.259 e. The van der Waals surface area contributed by atoms with Crippen LogP contribution in [0.3, 0.4) is 0 Å². The van der Waals surface area contributed by atoms with Crippen LogP contribution < -0.4 is 10.2 Å². The van der Waals surface area contributed by atoms with Crippen LogP contribution in [0, 0.1) is 11.6 Å². The molecular weight excluding hydrogens is 578 g/mol. The van der Waals surface area contributed by atoms with Crippen molar-refractivity contribution < 1.29 is 18.4 Å². The molecule has 0 aliphatic carbocycles. The van der Waals surface area contributed by atoms with Gasteiger partial charge < -0.3 is 5.32 Å². The lowest BCUT2D eigenvalue weighted by Crippen LogP contribution is -2.27. The van der Waals surface area contributed by atoms with Crippen LogP contribution in [0.5, 0.6) is 0 Å². The Hall–Kier alpha value is -6.04. The minimum atomic E-state index is -0.383. The van der Waals surface area contributed by atoms with E-state index in [0.717, 1.165) is 22.3 Å². The fourth-order valence-corrected chi connectivity index (χ4v) is 4.45. The number of pyridine rings is 2. The van der Waals surface area contributed by atoms with Gasteiger partial charge in [0.1, 0.15) is 11.6 Å². The van der Waals surface area contributed by atoms with Crippen molar-refractivity contribution in [3.63, 3.8) is 0 Å². The molecule has 0 aliphatic rings. The second kappa shape index (κ2) is 13.5. The lowest BCUT2D eigenvalue weighted by atomic mass is 10.1. The first kappa shape index (κ1) is 30.4. The van der Waals surface area contributed by atoms with Gasteiger partial charge in [0.25, 0.3) is 11.8 Å². The Morgan fingerprint density at radius 3 is 1.69 bits per heavy atom. The Morgan fingerprint density at radius 2 is 1.13 bits per heavy atom. The second-order valence-corrected chi connectivity index (χ2v) is 9.91. The predicted octanol–water partition coefficient (Wildman–Crippen LogP) is 5.77. The molecule has 6 rings (SSSR count). The first-order chi connectivity index (χ1) is 21.7. The van der Waals surface area contributed by atoms with Gasteiger partial charge >= 0.3 is 0 Å². The molecule has 0 atom stereocenters. The zero-order valence-electron chi connectivity index (χ0n) is 24.6. The van der Waals surface area contributed by atoms with E-state index in [9.17, 15) is 18.4 Å². The molecule has 6 aromatic rings. The Bertz CT molecular complexity index is 1910. The number of hydrogen-bond acceptors (Lipinski definition) is 6. The van der Waals surface area contributed by atoms with Crippen LogP contribution in [0.1, 0.15) is 20.7 Å². The molecule has 0 fully saturated rings. The number of carbonyl (C=O) groups is 2. The van der Waals surface area contributed by atoms with E-state index in [2.05, 4.69) is 25.5 Å². The number of halogens is 2. The third-order valence-electron chi connectivity index (χ3n) is 6.67. The SMILES string of the molecule is CN(C(=O)c1ccc(F)cc1)c1nn(C)cc1-c1ccncc1.Cn1cc(-c2ccncc2)c(NC(=O)c2ccc(F)cc2)n1. The van der Waals surface area contributed by atoms with Gasteiger partial charge in [-0.1, -0.05) is 0 Å². The summed E-state index contributed by atoms with van der Waals surface area (Å²) in [6.07, 6.45) is 10.4. The molecule has 10 nitrogen and oxygen atoms in total. The lowest BCUT2D eigenvalue weighted by Gasteiger charge is -2.16. The van der Waals surface area contributed by atoms with E-state index in [4.69, 9.17) is 0 Å². The summed E-state index contributed by atoms with van der Waals surface area (Å²) < 4.78 is 29.2. The highest BCUT2D eigenvalue weighted by Gasteiger charge is 2.21. The van der Waals surface area contributed by atoms with Crippen LogP contribution in [0.25, 0.3) is 22.3 Å². The molecule has 226 valence electrons. The summed E-state index contributed by atoms with van der Waals surface area (Å²) in [6, 6.07) is 18.2. The van der Waals surface area contributed by atoms with Gasteiger partial charge in [0, 0.05) is 80.6 Å². The fraction of sp³-hybridized carbons (Fsp3) is 0.0909. The number of nitrogens with one attached hydrogen (secondary N) is 1. The van der Waals surface area contributed by atoms with Crippen molar-refractivity contribution in [1.29, 1.82) is 0 Å². The van der Waals surface area contributed by atoms with Crippen LogP contribution in [0.15, 0.2) is 110 Å². The molecule has 0 saturated heterocycles. The standard InChI is InChI=1S/C17H15FN4O.C16H13FN4O/c1-21-11-15(12-7-9-19-10-8-12)16(20-21)22(2)17(23)13-3-5-14(18)6-4-13;1-21-10-14(11-6-8-18-9-7-11)15(20-21)19-16(22)12-2-4-13(17)5-3-12/h3-11H,1-2H3;2-10H,1H3,(H,19,20,22). The third-order valence-corrected chi connectivity index (χ3v) is 6.67. The Kier molecular flexibility index (Phi) is 9.13. The molecule has 0 saturated carbocycles. The number of rotatable bonds is 6. The van der Waals surface area contributed by atoms with Crippen LogP contribution in [0.2, 0.25) is 0 Å². The van der Waals surface area contributed by atoms with Crippen LogP contribution in [-0.2, 0) is 14.1 Å². The molecule has 0 spiro atoms. The molecule has 0 aliphatic heterocycles. The largest absolute Gasteiger partial charge is 0.305 e. The molecular formula is C33H28F2N8O2. The van der Waals surface area contributed by atoms with E-state index in [1.54, 1.807) is 55.3 Å². The summed E-state index contributed by atoms with van der Waals surface area (Å²) in [4.78, 5) is 34.2. The molecule has 0 bridgehead atoms. The average Bonchev–Trinajstić information content (AvgIpc) is 3.63. The fourth-order valence-electron chi connectivity index (χ4n) is 4.45. The van der Waals surface area contributed by atoms with Crippen molar-refractivity contribution >= 4 is 23.5 Å². The number of amides is 2. The van der Waals surface area contributed by atoms with Crippen molar-refractivity contribution in [3.05, 3.63) is 133 Å². The van der Waals surface area contributed by atoms with E-state index >= 15 is 0 Å². The summed E-state index contributed by atoms with van der Waals surface area (Å²) in [7, 11) is 5.22. The van der Waals surface area contributed by atoms with E-state index < -0.39 is 0 Å². The molecule has 2 amide bonds. The molecule has 2 aromatic carbocycles. The van der Waals surface area contributed by atoms with Gasteiger partial charge in [-0.25, -0.2) is 8.78 Å². The Labute approximate surface area is 257 Å². The van der Waals surface area contributed by atoms with Gasteiger partial charge in [-0.3, -0.25) is 33.8 Å². The summed E-state index contributed by atoms with van der Waals surface area (Å²) in [6.45, 7) is 0. The van der Waals surface area contributed by atoms with Crippen molar-refractivity contribution in [2.75, 3.05) is 17.3 Å². The third kappa shape index (κ3) is 7.31. The minimum absolute atomic E-state index is 0.251. The first-order valence-corrected chi connectivity index (χ1v) is 13.7. The molecule has 45 heavy (non-hydrogen) atoms. The number of hydrogen-bond donors (Lipinski definition) is 1. The minimum Gasteiger partial charge on any atom is -0.305 e. The maximum atomic E-state index is 13.0. The quantitative estimate of drug-likeness (QED) is 0.258. The lowest BCUT2D eigenvalue weighted by molar-refractivity contribution is 0.0990. The average molecular weight is 607 g/mol. The van der Waals surface area contributed by atoms with Crippen LogP contribution in [0.4, 0.5) is 20.4 Å². The Morgan fingerprint density at radius 1 is 0.667 bits per heavy atom. The molecule has 0 unspecified atom stereocenters. The van der Waals surface area contributed by atoms with Crippen molar-refractivity contribution in [3.8, 4) is 22.3 Å². The maximum absolute atomic E-state index is 13.0. The number of aromatic nitrogens is 6. The summed E-state index contributed by atoms with van der Waals surface area (Å²) in [5, 5.41) is 11.4. The molecule has 1 N–H and O–H groups in total. The van der Waals surface area contributed by atoms with E-state index in [1.807, 2.05) is 36.7 Å². The van der Waals surface area contributed by atoms with Gasteiger partial charge in [0.2, 0.25) is 0 Å². The van der Waals surface area contributed by atoms with Crippen LogP contribution in [-0.4, -0.2) is 48.4 Å². The predicted molar refractivity (Wildman–Crippen MR) is 166 cm³/mol.